The highest BCUT2D eigenvalue weighted by molar-refractivity contribution is 7.98. The summed E-state index contributed by atoms with van der Waals surface area (Å²) < 4.78 is 0. The van der Waals surface area contributed by atoms with Crippen molar-refractivity contribution in [3.05, 3.63) is 59.9 Å². The number of benzene rings is 1. The molecule has 1 heterocycles. The van der Waals surface area contributed by atoms with Crippen molar-refractivity contribution in [3.63, 3.8) is 0 Å². The SMILES string of the molecule is CSc1ccc(CNCc2ccccn2)cc1.[Cl-]. The zero-order valence-corrected chi connectivity index (χ0v) is 11.8. The Bertz CT molecular complexity index is 445. The number of nitrogens with zero attached hydrogens (tertiary/aromatic N) is 1. The molecule has 96 valence electrons. The average Bonchev–Trinajstić information content (AvgIpc) is 2.41. The molecule has 0 aliphatic rings. The molecule has 0 radical (unpaired) electrons. The molecule has 2 rings (SSSR count). The Labute approximate surface area is 119 Å². The maximum absolute atomic E-state index is 4.27. The van der Waals surface area contributed by atoms with Crippen LogP contribution in [0.15, 0.2) is 53.6 Å². The Kier molecular flexibility index (Phi) is 6.80. The summed E-state index contributed by atoms with van der Waals surface area (Å²) in [4.78, 5) is 5.58. The van der Waals surface area contributed by atoms with Crippen LogP contribution in [0.3, 0.4) is 0 Å². The Morgan fingerprint density at radius 2 is 1.83 bits per heavy atom. The van der Waals surface area contributed by atoms with Crippen LogP contribution in [0.2, 0.25) is 0 Å². The van der Waals surface area contributed by atoms with E-state index in [1.165, 1.54) is 10.5 Å². The van der Waals surface area contributed by atoms with Crippen LogP contribution in [-0.2, 0) is 13.1 Å². The van der Waals surface area contributed by atoms with Crippen molar-refractivity contribution in [2.75, 3.05) is 6.26 Å². The number of thioether (sulfide) groups is 1. The number of nitrogens with one attached hydrogen (secondary N) is 1. The van der Waals surface area contributed by atoms with Gasteiger partial charge in [0.25, 0.3) is 0 Å². The molecule has 1 N–H and O–H groups in total. The van der Waals surface area contributed by atoms with E-state index in [9.17, 15) is 0 Å². The topological polar surface area (TPSA) is 24.9 Å². The zero-order valence-electron chi connectivity index (χ0n) is 10.3. The van der Waals surface area contributed by atoms with Gasteiger partial charge in [-0.15, -0.1) is 11.8 Å². The monoisotopic (exact) mass is 279 g/mol. The predicted molar refractivity (Wildman–Crippen MR) is 73.0 cm³/mol. The normalized spacial score (nSPS) is 9.83. The second-order valence-corrected chi connectivity index (χ2v) is 4.65. The van der Waals surface area contributed by atoms with E-state index in [4.69, 9.17) is 0 Å². The molecule has 0 saturated heterocycles. The third-order valence-electron chi connectivity index (χ3n) is 2.52. The Hall–Kier alpha value is -1.03. The number of halogens is 1. The lowest BCUT2D eigenvalue weighted by atomic mass is 10.2. The first-order chi connectivity index (χ1) is 8.38. The fourth-order valence-corrected chi connectivity index (χ4v) is 1.99. The summed E-state index contributed by atoms with van der Waals surface area (Å²) in [5.41, 5.74) is 2.38. The standard InChI is InChI=1S/C14H16N2S.ClH/c1-17-14-7-5-12(6-8-14)10-15-11-13-4-2-3-9-16-13;/h2-9,15H,10-11H2,1H3;1H/p-1. The van der Waals surface area contributed by atoms with Crippen LogP contribution < -0.4 is 17.7 Å². The van der Waals surface area contributed by atoms with Gasteiger partial charge in [0.15, 0.2) is 0 Å². The van der Waals surface area contributed by atoms with Crippen molar-refractivity contribution in [1.29, 1.82) is 0 Å². The maximum Gasteiger partial charge on any atom is 0.0541 e. The van der Waals surface area contributed by atoms with Gasteiger partial charge in [-0.1, -0.05) is 18.2 Å². The van der Waals surface area contributed by atoms with E-state index in [-0.39, 0.29) is 12.4 Å². The molecule has 0 unspecified atom stereocenters. The highest BCUT2D eigenvalue weighted by atomic mass is 35.5. The first kappa shape index (κ1) is 15.0. The summed E-state index contributed by atoms with van der Waals surface area (Å²) in [6.45, 7) is 1.69. The Morgan fingerprint density at radius 3 is 2.44 bits per heavy atom. The van der Waals surface area contributed by atoms with Crippen LogP contribution in [0.5, 0.6) is 0 Å². The van der Waals surface area contributed by atoms with Gasteiger partial charge in [-0.25, -0.2) is 0 Å². The highest BCUT2D eigenvalue weighted by Crippen LogP contribution is 2.14. The third-order valence-corrected chi connectivity index (χ3v) is 3.26. The summed E-state index contributed by atoms with van der Waals surface area (Å²) in [5.74, 6) is 0. The summed E-state index contributed by atoms with van der Waals surface area (Å²) in [6, 6.07) is 14.6. The third kappa shape index (κ3) is 4.69. The molecule has 1 aromatic carbocycles. The van der Waals surface area contributed by atoms with E-state index >= 15 is 0 Å². The molecule has 2 aromatic rings. The lowest BCUT2D eigenvalue weighted by molar-refractivity contribution is -0.00000356. The quantitative estimate of drug-likeness (QED) is 0.786. The molecule has 2 nitrogen and oxygen atoms in total. The molecule has 4 heteroatoms. The highest BCUT2D eigenvalue weighted by Gasteiger charge is 1.95. The van der Waals surface area contributed by atoms with Gasteiger partial charge >= 0.3 is 0 Å². The molecule has 0 amide bonds. The van der Waals surface area contributed by atoms with Crippen molar-refractivity contribution in [1.82, 2.24) is 10.3 Å². The second-order valence-electron chi connectivity index (χ2n) is 3.77. The molecular weight excluding hydrogens is 264 g/mol. The van der Waals surface area contributed by atoms with Gasteiger partial charge in [-0.05, 0) is 36.1 Å². The van der Waals surface area contributed by atoms with E-state index in [0.29, 0.717) is 0 Å². The van der Waals surface area contributed by atoms with Gasteiger partial charge < -0.3 is 17.7 Å². The smallest absolute Gasteiger partial charge is 0.0541 e. The van der Waals surface area contributed by atoms with Crippen molar-refractivity contribution < 1.29 is 12.4 Å². The fourth-order valence-electron chi connectivity index (χ4n) is 1.58. The van der Waals surface area contributed by atoms with Crippen LogP contribution >= 0.6 is 11.8 Å². The van der Waals surface area contributed by atoms with Crippen LogP contribution in [0.4, 0.5) is 0 Å². The van der Waals surface area contributed by atoms with Crippen LogP contribution in [0.25, 0.3) is 0 Å². The molecule has 0 spiro atoms. The van der Waals surface area contributed by atoms with Crippen LogP contribution in [0.1, 0.15) is 11.3 Å². The molecule has 0 bridgehead atoms. The fraction of sp³-hybridized carbons (Fsp3) is 0.214. The molecular formula is C14H16ClN2S-. The van der Waals surface area contributed by atoms with E-state index < -0.39 is 0 Å². The number of rotatable bonds is 5. The number of aromatic nitrogens is 1. The zero-order chi connectivity index (χ0) is 11.9. The minimum atomic E-state index is 0. The molecule has 0 saturated carbocycles. The van der Waals surface area contributed by atoms with Gasteiger partial charge in [0, 0.05) is 24.2 Å². The number of hydrogen-bond acceptors (Lipinski definition) is 3. The van der Waals surface area contributed by atoms with Crippen LogP contribution in [0, 0.1) is 0 Å². The summed E-state index contributed by atoms with van der Waals surface area (Å²) >= 11 is 1.77. The molecule has 0 fully saturated rings. The van der Waals surface area contributed by atoms with E-state index in [1.54, 1.807) is 11.8 Å². The Balaban J connectivity index is 0.00000162. The van der Waals surface area contributed by atoms with Crippen molar-refractivity contribution >= 4 is 11.8 Å². The summed E-state index contributed by atoms with van der Waals surface area (Å²) in [6.07, 6.45) is 3.92. The van der Waals surface area contributed by atoms with Gasteiger partial charge in [-0.3, -0.25) is 4.98 Å². The molecule has 1 aromatic heterocycles. The lowest BCUT2D eigenvalue weighted by Gasteiger charge is -2.05. The molecule has 18 heavy (non-hydrogen) atoms. The van der Waals surface area contributed by atoms with Gasteiger partial charge in [0.05, 0.1) is 5.69 Å². The van der Waals surface area contributed by atoms with E-state index in [0.717, 1.165) is 18.8 Å². The predicted octanol–water partition coefficient (Wildman–Crippen LogP) is 0.0973. The van der Waals surface area contributed by atoms with Gasteiger partial charge in [0.1, 0.15) is 0 Å². The molecule has 0 aliphatic heterocycles. The average molecular weight is 280 g/mol. The summed E-state index contributed by atoms with van der Waals surface area (Å²) in [7, 11) is 0. The van der Waals surface area contributed by atoms with E-state index in [1.807, 2.05) is 24.4 Å². The number of hydrogen-bond donors (Lipinski definition) is 1. The first-order valence-corrected chi connectivity index (χ1v) is 6.84. The maximum atomic E-state index is 4.27. The number of pyridine rings is 1. The van der Waals surface area contributed by atoms with Crippen molar-refractivity contribution in [2.45, 2.75) is 18.0 Å². The second kappa shape index (κ2) is 8.14. The minimum absolute atomic E-state index is 0. The van der Waals surface area contributed by atoms with Crippen molar-refractivity contribution in [3.8, 4) is 0 Å². The first-order valence-electron chi connectivity index (χ1n) is 5.62. The van der Waals surface area contributed by atoms with Crippen molar-refractivity contribution in [2.24, 2.45) is 0 Å². The van der Waals surface area contributed by atoms with Crippen LogP contribution in [-0.4, -0.2) is 11.2 Å². The largest absolute Gasteiger partial charge is 1.00 e. The minimum Gasteiger partial charge on any atom is -1.00 e. The molecule has 0 aliphatic carbocycles. The van der Waals surface area contributed by atoms with E-state index in [2.05, 4.69) is 40.8 Å². The molecule has 0 atom stereocenters. The van der Waals surface area contributed by atoms with Gasteiger partial charge in [0.2, 0.25) is 0 Å². The lowest BCUT2D eigenvalue weighted by Crippen LogP contribution is -3.00. The van der Waals surface area contributed by atoms with Gasteiger partial charge in [-0.2, -0.15) is 0 Å². The Morgan fingerprint density at radius 1 is 1.06 bits per heavy atom. The summed E-state index contributed by atoms with van der Waals surface area (Å²) in [5, 5.41) is 3.39.